The van der Waals surface area contributed by atoms with Gasteiger partial charge in [0.2, 0.25) is 0 Å². The van der Waals surface area contributed by atoms with Crippen molar-refractivity contribution in [2.24, 2.45) is 5.73 Å². The summed E-state index contributed by atoms with van der Waals surface area (Å²) in [6.07, 6.45) is 16.2. The number of hydrogen-bond donors (Lipinski definition) is 1. The van der Waals surface area contributed by atoms with Gasteiger partial charge in [0.05, 0.1) is 0 Å². The Bertz CT molecular complexity index is 447. The van der Waals surface area contributed by atoms with Crippen LogP contribution in [-0.2, 0) is 12.0 Å². The van der Waals surface area contributed by atoms with E-state index in [4.69, 9.17) is 5.73 Å². The largest absolute Gasteiger partial charge is 0.322 e. The predicted octanol–water partition coefficient (Wildman–Crippen LogP) is 7.04. The first-order valence-electron chi connectivity index (χ1n) is 10.4. The third-order valence-electron chi connectivity index (χ3n) is 5.60. The average molecular weight is 332 g/mol. The van der Waals surface area contributed by atoms with Crippen LogP contribution in [0.2, 0.25) is 0 Å². The molecule has 0 radical (unpaired) electrons. The molecule has 2 N–H and O–H groups in total. The topological polar surface area (TPSA) is 26.0 Å². The van der Waals surface area contributed by atoms with Crippen molar-refractivity contribution in [3.63, 3.8) is 0 Å². The van der Waals surface area contributed by atoms with E-state index in [2.05, 4.69) is 45.9 Å². The average Bonchev–Trinajstić information content (AvgIpc) is 2.57. The van der Waals surface area contributed by atoms with Crippen LogP contribution in [0.25, 0.3) is 0 Å². The van der Waals surface area contributed by atoms with E-state index in [1.165, 1.54) is 87.3 Å². The highest BCUT2D eigenvalue weighted by atomic mass is 14.7. The molecule has 1 nitrogen and oxygen atoms in total. The van der Waals surface area contributed by atoms with Gasteiger partial charge in [-0.1, -0.05) is 89.8 Å². The highest BCUT2D eigenvalue weighted by Crippen LogP contribution is 2.27. The molecule has 0 fully saturated rings. The standard InChI is InChI=1S/C23H41N/c1-5-7-8-9-10-11-12-13-14-15-17-21-18-16-19-22(20(21)3)23(4,24)6-2/h16,18-19H,5-15,17,24H2,1-4H3. The van der Waals surface area contributed by atoms with Crippen molar-refractivity contribution in [3.8, 4) is 0 Å². The Morgan fingerprint density at radius 1 is 0.833 bits per heavy atom. The Balaban J connectivity index is 2.25. The summed E-state index contributed by atoms with van der Waals surface area (Å²) in [7, 11) is 0. The Hall–Kier alpha value is -0.820. The molecule has 1 heteroatoms. The van der Waals surface area contributed by atoms with Crippen molar-refractivity contribution in [1.29, 1.82) is 0 Å². The summed E-state index contributed by atoms with van der Waals surface area (Å²) in [6, 6.07) is 6.69. The van der Waals surface area contributed by atoms with Crippen LogP contribution in [0, 0.1) is 6.92 Å². The van der Waals surface area contributed by atoms with E-state index in [1.807, 2.05) is 0 Å². The molecule has 1 rings (SSSR count). The third kappa shape index (κ3) is 7.38. The lowest BCUT2D eigenvalue weighted by atomic mass is 9.84. The zero-order valence-corrected chi connectivity index (χ0v) is 16.8. The SMILES string of the molecule is CCCCCCCCCCCCc1cccc(C(C)(N)CC)c1C. The molecule has 24 heavy (non-hydrogen) atoms. The van der Waals surface area contributed by atoms with Gasteiger partial charge in [0, 0.05) is 5.54 Å². The molecule has 0 amide bonds. The van der Waals surface area contributed by atoms with Crippen LogP contribution in [0.4, 0.5) is 0 Å². The molecule has 0 heterocycles. The van der Waals surface area contributed by atoms with Crippen molar-refractivity contribution in [2.45, 2.75) is 110 Å². The molecule has 1 unspecified atom stereocenters. The van der Waals surface area contributed by atoms with Crippen LogP contribution in [0.15, 0.2) is 18.2 Å². The molecule has 0 spiro atoms. The Kier molecular flexibility index (Phi) is 10.3. The molecule has 1 atom stereocenters. The van der Waals surface area contributed by atoms with Gasteiger partial charge in [0.1, 0.15) is 0 Å². The normalized spacial score (nSPS) is 13.9. The summed E-state index contributed by atoms with van der Waals surface area (Å²) in [4.78, 5) is 0. The van der Waals surface area contributed by atoms with Gasteiger partial charge in [-0.2, -0.15) is 0 Å². The molecular formula is C23H41N. The second-order valence-corrected chi connectivity index (χ2v) is 7.79. The maximum Gasteiger partial charge on any atom is 0.0381 e. The molecule has 0 aromatic heterocycles. The highest BCUT2D eigenvalue weighted by molar-refractivity contribution is 5.38. The fourth-order valence-corrected chi connectivity index (χ4v) is 3.57. The first kappa shape index (κ1) is 21.2. The molecule has 0 aliphatic carbocycles. The number of nitrogens with two attached hydrogens (primary N) is 1. The lowest BCUT2D eigenvalue weighted by Gasteiger charge is -2.26. The minimum absolute atomic E-state index is 0.197. The van der Waals surface area contributed by atoms with Crippen LogP contribution in [0.5, 0.6) is 0 Å². The van der Waals surface area contributed by atoms with Gasteiger partial charge in [-0.25, -0.2) is 0 Å². The van der Waals surface area contributed by atoms with Crippen molar-refractivity contribution in [2.75, 3.05) is 0 Å². The minimum Gasteiger partial charge on any atom is -0.322 e. The van der Waals surface area contributed by atoms with Gasteiger partial charge in [-0.05, 0) is 49.8 Å². The van der Waals surface area contributed by atoms with Crippen LogP contribution < -0.4 is 5.73 Å². The summed E-state index contributed by atoms with van der Waals surface area (Å²) in [5.41, 5.74) is 10.5. The second kappa shape index (κ2) is 11.7. The van der Waals surface area contributed by atoms with Crippen molar-refractivity contribution in [3.05, 3.63) is 34.9 Å². The van der Waals surface area contributed by atoms with Crippen LogP contribution in [0.1, 0.15) is 108 Å². The molecule has 0 bridgehead atoms. The lowest BCUT2D eigenvalue weighted by Crippen LogP contribution is -2.33. The van der Waals surface area contributed by atoms with Crippen molar-refractivity contribution >= 4 is 0 Å². The summed E-state index contributed by atoms with van der Waals surface area (Å²) in [6.45, 7) is 8.86. The molecule has 0 saturated carbocycles. The van der Waals surface area contributed by atoms with Crippen LogP contribution in [-0.4, -0.2) is 0 Å². The van der Waals surface area contributed by atoms with Gasteiger partial charge in [0.15, 0.2) is 0 Å². The highest BCUT2D eigenvalue weighted by Gasteiger charge is 2.21. The summed E-state index contributed by atoms with van der Waals surface area (Å²) in [5.74, 6) is 0. The van der Waals surface area contributed by atoms with E-state index in [0.29, 0.717) is 0 Å². The van der Waals surface area contributed by atoms with Gasteiger partial charge in [0.25, 0.3) is 0 Å². The van der Waals surface area contributed by atoms with Crippen LogP contribution in [0.3, 0.4) is 0 Å². The van der Waals surface area contributed by atoms with E-state index in [-0.39, 0.29) is 5.54 Å². The number of hydrogen-bond acceptors (Lipinski definition) is 1. The fourth-order valence-electron chi connectivity index (χ4n) is 3.57. The zero-order valence-electron chi connectivity index (χ0n) is 16.8. The summed E-state index contributed by atoms with van der Waals surface area (Å²) < 4.78 is 0. The first-order valence-corrected chi connectivity index (χ1v) is 10.4. The third-order valence-corrected chi connectivity index (χ3v) is 5.60. The minimum atomic E-state index is -0.197. The molecule has 138 valence electrons. The van der Waals surface area contributed by atoms with Gasteiger partial charge in [-0.3, -0.25) is 0 Å². The first-order chi connectivity index (χ1) is 11.5. The number of unbranched alkanes of at least 4 members (excludes halogenated alkanes) is 9. The Morgan fingerprint density at radius 3 is 1.92 bits per heavy atom. The molecule has 0 aliphatic rings. The quantitative estimate of drug-likeness (QED) is 0.385. The Labute approximate surface area is 151 Å². The van der Waals surface area contributed by atoms with Gasteiger partial charge in [-0.15, -0.1) is 0 Å². The van der Waals surface area contributed by atoms with E-state index in [1.54, 1.807) is 0 Å². The maximum absolute atomic E-state index is 6.46. The monoisotopic (exact) mass is 331 g/mol. The number of aryl methyl sites for hydroxylation is 1. The second-order valence-electron chi connectivity index (χ2n) is 7.79. The smallest absolute Gasteiger partial charge is 0.0381 e. The zero-order chi connectivity index (χ0) is 17.8. The predicted molar refractivity (Wildman–Crippen MR) is 109 cm³/mol. The van der Waals surface area contributed by atoms with Crippen molar-refractivity contribution in [1.82, 2.24) is 0 Å². The van der Waals surface area contributed by atoms with Gasteiger partial charge >= 0.3 is 0 Å². The van der Waals surface area contributed by atoms with E-state index in [0.717, 1.165) is 6.42 Å². The molecule has 1 aromatic rings. The lowest BCUT2D eigenvalue weighted by molar-refractivity contribution is 0.473. The number of benzene rings is 1. The van der Waals surface area contributed by atoms with E-state index < -0.39 is 0 Å². The van der Waals surface area contributed by atoms with E-state index >= 15 is 0 Å². The molecule has 0 saturated heterocycles. The number of rotatable bonds is 13. The maximum atomic E-state index is 6.46. The molecule has 0 aliphatic heterocycles. The van der Waals surface area contributed by atoms with Crippen molar-refractivity contribution < 1.29 is 0 Å². The molecular weight excluding hydrogens is 290 g/mol. The summed E-state index contributed by atoms with van der Waals surface area (Å²) in [5, 5.41) is 0. The molecule has 1 aromatic carbocycles. The summed E-state index contributed by atoms with van der Waals surface area (Å²) >= 11 is 0. The Morgan fingerprint density at radius 2 is 1.38 bits per heavy atom. The van der Waals surface area contributed by atoms with Crippen LogP contribution >= 0.6 is 0 Å². The van der Waals surface area contributed by atoms with Gasteiger partial charge < -0.3 is 5.73 Å². The van der Waals surface area contributed by atoms with E-state index in [9.17, 15) is 0 Å². The fraction of sp³-hybridized carbons (Fsp3) is 0.739.